The molecule has 0 aliphatic carbocycles. The molecule has 0 unspecified atom stereocenters. The quantitative estimate of drug-likeness (QED) is 0.783. The van der Waals surface area contributed by atoms with Gasteiger partial charge in [-0.05, 0) is 56.5 Å². The molecule has 1 aromatic carbocycles. The Balaban J connectivity index is 0.00000256. The topological polar surface area (TPSA) is 67.3 Å². The molecule has 0 saturated carbocycles. The van der Waals surface area contributed by atoms with E-state index in [0.29, 0.717) is 17.1 Å². The van der Waals surface area contributed by atoms with Gasteiger partial charge in [0, 0.05) is 24.8 Å². The number of likely N-dealkylation sites (tertiary alicyclic amines) is 1. The maximum Gasteiger partial charge on any atom is 0.573 e. The highest BCUT2D eigenvalue weighted by Gasteiger charge is 2.50. The van der Waals surface area contributed by atoms with Crippen LogP contribution in [0.3, 0.4) is 0 Å². The summed E-state index contributed by atoms with van der Waals surface area (Å²) in [5.74, 6) is 0.415. The normalized spacial score (nSPS) is 23.7. The summed E-state index contributed by atoms with van der Waals surface area (Å²) in [7, 11) is 1.81. The molecule has 1 aromatic heterocycles. The number of nitrogens with zero attached hydrogens (tertiary/aromatic N) is 3. The summed E-state index contributed by atoms with van der Waals surface area (Å²) in [6.45, 7) is 2.57. The number of alkyl halides is 3. The maximum absolute atomic E-state index is 12.5. The van der Waals surface area contributed by atoms with E-state index >= 15 is 0 Å². The van der Waals surface area contributed by atoms with Crippen molar-refractivity contribution < 1.29 is 22.7 Å². The van der Waals surface area contributed by atoms with E-state index in [1.807, 2.05) is 6.92 Å². The van der Waals surface area contributed by atoms with Crippen molar-refractivity contribution in [3.05, 3.63) is 41.9 Å². The molecule has 30 heavy (non-hydrogen) atoms. The lowest BCUT2D eigenvalue weighted by Crippen LogP contribution is -2.47. The van der Waals surface area contributed by atoms with E-state index in [-0.39, 0.29) is 30.1 Å². The first-order chi connectivity index (χ1) is 13.7. The van der Waals surface area contributed by atoms with E-state index in [1.165, 1.54) is 24.3 Å². The average molecular weight is 443 g/mol. The fourth-order valence-electron chi connectivity index (χ4n) is 4.08. The highest BCUT2D eigenvalue weighted by Crippen LogP contribution is 2.38. The molecule has 2 atom stereocenters. The van der Waals surface area contributed by atoms with Gasteiger partial charge in [-0.15, -0.1) is 25.6 Å². The van der Waals surface area contributed by atoms with Crippen LogP contribution in [0.4, 0.5) is 13.2 Å². The van der Waals surface area contributed by atoms with Gasteiger partial charge in [0.15, 0.2) is 0 Å². The predicted octanol–water partition coefficient (Wildman–Crippen LogP) is 3.80. The molecule has 2 aliphatic rings. The van der Waals surface area contributed by atoms with Crippen LogP contribution in [0.1, 0.15) is 36.8 Å². The monoisotopic (exact) mass is 442 g/mol. The van der Waals surface area contributed by atoms with Crippen molar-refractivity contribution in [1.82, 2.24) is 20.2 Å². The van der Waals surface area contributed by atoms with Crippen LogP contribution >= 0.6 is 12.4 Å². The highest BCUT2D eigenvalue weighted by molar-refractivity contribution is 5.88. The van der Waals surface area contributed by atoms with Gasteiger partial charge in [0.1, 0.15) is 17.1 Å². The van der Waals surface area contributed by atoms with Gasteiger partial charge in [-0.2, -0.15) is 0 Å². The summed E-state index contributed by atoms with van der Waals surface area (Å²) in [5, 5.41) is 3.44. The smallest absolute Gasteiger partial charge is 0.406 e. The van der Waals surface area contributed by atoms with Crippen LogP contribution in [0, 0.1) is 6.92 Å². The number of carbonyl (C=O) groups is 1. The number of amides is 1. The van der Waals surface area contributed by atoms with E-state index in [1.54, 1.807) is 18.0 Å². The minimum Gasteiger partial charge on any atom is -0.406 e. The zero-order valence-electron chi connectivity index (χ0n) is 16.5. The van der Waals surface area contributed by atoms with Crippen molar-refractivity contribution >= 4 is 18.3 Å². The summed E-state index contributed by atoms with van der Waals surface area (Å²) in [4.78, 5) is 23.4. The SMILES string of the molecule is Cc1cc(-c2ccc(OC(F)(F)F)cc2)nc([C@@H]2CC[C@]3(CCN(C)C3=O)N2)n1.Cl. The molecule has 1 N–H and O–H groups in total. The van der Waals surface area contributed by atoms with Gasteiger partial charge in [-0.3, -0.25) is 10.1 Å². The van der Waals surface area contributed by atoms with Crippen molar-refractivity contribution in [3.8, 4) is 17.0 Å². The van der Waals surface area contributed by atoms with Crippen molar-refractivity contribution in [3.63, 3.8) is 0 Å². The van der Waals surface area contributed by atoms with Crippen LogP contribution in [0.15, 0.2) is 30.3 Å². The number of benzene rings is 1. The van der Waals surface area contributed by atoms with Crippen LogP contribution < -0.4 is 10.1 Å². The molecular weight excluding hydrogens is 421 g/mol. The average Bonchev–Trinajstić information content (AvgIpc) is 3.21. The molecule has 2 saturated heterocycles. The van der Waals surface area contributed by atoms with Crippen LogP contribution in [0.25, 0.3) is 11.3 Å². The number of aromatic nitrogens is 2. The Morgan fingerprint density at radius 3 is 2.50 bits per heavy atom. The second-order valence-electron chi connectivity index (χ2n) is 7.62. The zero-order valence-corrected chi connectivity index (χ0v) is 17.3. The fourth-order valence-corrected chi connectivity index (χ4v) is 4.08. The molecule has 6 nitrogen and oxygen atoms in total. The van der Waals surface area contributed by atoms with Gasteiger partial charge < -0.3 is 9.64 Å². The Kier molecular flexibility index (Phi) is 5.97. The van der Waals surface area contributed by atoms with Crippen molar-refractivity contribution in [2.24, 2.45) is 0 Å². The minimum absolute atomic E-state index is 0. The third kappa shape index (κ3) is 4.37. The van der Waals surface area contributed by atoms with Gasteiger partial charge in [-0.25, -0.2) is 9.97 Å². The molecule has 3 heterocycles. The number of nitrogens with one attached hydrogen (secondary N) is 1. The molecule has 162 valence electrons. The second kappa shape index (κ2) is 8.03. The molecule has 10 heteroatoms. The number of likely N-dealkylation sites (N-methyl/N-ethyl adjacent to an activating group) is 1. The van der Waals surface area contributed by atoms with Crippen molar-refractivity contribution in [1.29, 1.82) is 0 Å². The first kappa shape index (κ1) is 22.3. The molecule has 4 rings (SSSR count). The van der Waals surface area contributed by atoms with Crippen LogP contribution in [0.5, 0.6) is 5.75 Å². The van der Waals surface area contributed by atoms with Crippen molar-refractivity contribution in [2.45, 2.75) is 44.1 Å². The molecule has 1 spiro atoms. The van der Waals surface area contributed by atoms with Gasteiger partial charge in [0.2, 0.25) is 5.91 Å². The Morgan fingerprint density at radius 1 is 1.20 bits per heavy atom. The fraction of sp³-hybridized carbons (Fsp3) is 0.450. The molecule has 1 amide bonds. The number of aryl methyl sites for hydroxylation is 1. The van der Waals surface area contributed by atoms with Crippen molar-refractivity contribution in [2.75, 3.05) is 13.6 Å². The summed E-state index contributed by atoms with van der Waals surface area (Å²) in [6, 6.07) is 7.22. The number of ether oxygens (including phenoxy) is 1. The van der Waals surface area contributed by atoms with E-state index < -0.39 is 11.9 Å². The molecule has 0 radical (unpaired) electrons. The lowest BCUT2D eigenvalue weighted by Gasteiger charge is -2.23. The molecular formula is C20H22ClF3N4O2. The number of rotatable bonds is 3. The Labute approximate surface area is 178 Å². The highest BCUT2D eigenvalue weighted by atomic mass is 35.5. The Hall–Kier alpha value is -2.39. The largest absolute Gasteiger partial charge is 0.573 e. The number of hydrogen-bond acceptors (Lipinski definition) is 5. The first-order valence-electron chi connectivity index (χ1n) is 9.40. The van der Waals surface area contributed by atoms with E-state index in [0.717, 1.165) is 31.5 Å². The van der Waals surface area contributed by atoms with Gasteiger partial charge >= 0.3 is 6.36 Å². The van der Waals surface area contributed by atoms with E-state index in [9.17, 15) is 18.0 Å². The minimum atomic E-state index is -4.73. The lowest BCUT2D eigenvalue weighted by molar-refractivity contribution is -0.274. The summed E-state index contributed by atoms with van der Waals surface area (Å²) in [6.07, 6.45) is -2.48. The van der Waals surface area contributed by atoms with Crippen LogP contribution in [0.2, 0.25) is 0 Å². The number of carbonyl (C=O) groups excluding carboxylic acids is 1. The zero-order chi connectivity index (χ0) is 20.8. The third-order valence-electron chi connectivity index (χ3n) is 5.51. The molecule has 2 aromatic rings. The maximum atomic E-state index is 12.5. The summed E-state index contributed by atoms with van der Waals surface area (Å²) in [5.41, 5.74) is 1.49. The standard InChI is InChI=1S/C20H21F3N4O2.ClH/c1-12-11-16(13-3-5-14(6-4-13)29-20(21,22)23)25-17(24-12)15-7-8-19(26-15)9-10-27(2)18(19)28;/h3-6,11,15,26H,7-10H2,1-2H3;1H/t15-,19+;/m0./s1. The Bertz CT molecular complexity index is 939. The Morgan fingerprint density at radius 2 is 1.90 bits per heavy atom. The summed E-state index contributed by atoms with van der Waals surface area (Å²) >= 11 is 0. The predicted molar refractivity (Wildman–Crippen MR) is 106 cm³/mol. The van der Waals surface area contributed by atoms with Gasteiger partial charge in [0.25, 0.3) is 0 Å². The third-order valence-corrected chi connectivity index (χ3v) is 5.51. The van der Waals surface area contributed by atoms with E-state index in [2.05, 4.69) is 20.0 Å². The molecule has 2 fully saturated rings. The van der Waals surface area contributed by atoms with Gasteiger partial charge in [0.05, 0.1) is 11.7 Å². The van der Waals surface area contributed by atoms with Crippen LogP contribution in [-0.2, 0) is 4.79 Å². The number of halogens is 4. The van der Waals surface area contributed by atoms with Crippen LogP contribution in [-0.4, -0.2) is 46.3 Å². The lowest BCUT2D eigenvalue weighted by atomic mass is 9.96. The van der Waals surface area contributed by atoms with E-state index in [4.69, 9.17) is 0 Å². The second-order valence-corrected chi connectivity index (χ2v) is 7.62. The molecule has 0 bridgehead atoms. The molecule has 2 aliphatic heterocycles. The summed E-state index contributed by atoms with van der Waals surface area (Å²) < 4.78 is 40.9. The first-order valence-corrected chi connectivity index (χ1v) is 9.40. The number of hydrogen-bond donors (Lipinski definition) is 1. The van der Waals surface area contributed by atoms with Gasteiger partial charge in [-0.1, -0.05) is 0 Å².